The highest BCUT2D eigenvalue weighted by Gasteiger charge is 2.43. The van der Waals surface area contributed by atoms with Crippen LogP contribution in [0.15, 0.2) is 119 Å². The number of allylic oxidation sites excluding steroid dienone is 7. The molecule has 0 N–H and O–H groups in total. The molecule has 0 saturated carbocycles. The number of rotatable bonds is 11. The van der Waals surface area contributed by atoms with E-state index in [1.807, 2.05) is 0 Å². The zero-order valence-electron chi connectivity index (χ0n) is 40.9. The number of hydrogen-bond donors (Lipinski definition) is 0. The van der Waals surface area contributed by atoms with Crippen LogP contribution in [0, 0.1) is 0 Å². The van der Waals surface area contributed by atoms with E-state index in [1.54, 1.807) is 72.4 Å². The highest BCUT2D eigenvalue weighted by molar-refractivity contribution is 6.00. The van der Waals surface area contributed by atoms with Crippen LogP contribution in [0.5, 0.6) is 0 Å². The second-order valence-electron chi connectivity index (χ2n) is 21.6. The minimum atomic E-state index is 0.303. The topological polar surface area (TPSA) is 0 Å². The first-order valence-corrected chi connectivity index (χ1v) is 24.9. The molecule has 4 aliphatic rings. The van der Waals surface area contributed by atoms with Crippen LogP contribution in [0.1, 0.15) is 217 Å². The van der Waals surface area contributed by atoms with Crippen molar-refractivity contribution >= 4 is 44.3 Å². The summed E-state index contributed by atoms with van der Waals surface area (Å²) >= 11 is 0. The minimum absolute atomic E-state index is 0.303. The summed E-state index contributed by atoms with van der Waals surface area (Å²) in [7, 11) is 0. The predicted octanol–water partition coefficient (Wildman–Crippen LogP) is 18.7. The summed E-state index contributed by atoms with van der Waals surface area (Å²) in [6.07, 6.45) is 7.93. The molecule has 0 saturated heterocycles. The van der Waals surface area contributed by atoms with E-state index < -0.39 is 0 Å². The molecule has 10 rings (SSSR count). The zero-order chi connectivity index (χ0) is 44.9. The molecule has 0 heteroatoms. The van der Waals surface area contributed by atoms with Gasteiger partial charge in [-0.3, -0.25) is 0 Å². The van der Waals surface area contributed by atoms with Gasteiger partial charge in [-0.05, 0) is 188 Å². The number of benzene rings is 6. The first kappa shape index (κ1) is 42.7. The van der Waals surface area contributed by atoms with Gasteiger partial charge in [0.2, 0.25) is 0 Å². The Morgan fingerprint density at radius 3 is 1.73 bits per heavy atom. The van der Waals surface area contributed by atoms with Crippen molar-refractivity contribution in [2.75, 3.05) is 0 Å². The van der Waals surface area contributed by atoms with E-state index in [0.717, 1.165) is 32.1 Å². The van der Waals surface area contributed by atoms with E-state index in [9.17, 15) is 0 Å². The van der Waals surface area contributed by atoms with E-state index in [4.69, 9.17) is 0 Å². The van der Waals surface area contributed by atoms with E-state index in [-0.39, 0.29) is 0 Å². The fourth-order valence-corrected chi connectivity index (χ4v) is 13.0. The Morgan fingerprint density at radius 2 is 1.06 bits per heavy atom. The van der Waals surface area contributed by atoms with Gasteiger partial charge in [0.25, 0.3) is 0 Å². The van der Waals surface area contributed by atoms with Gasteiger partial charge in [0.1, 0.15) is 0 Å². The third kappa shape index (κ3) is 6.84. The standard InChI is InChI=1S/C64H70/c1-35(2)46-31-48-30-40(10)50(62(48)56(32-46)37(5)6)26-28-52-42(12)60(58-34-47(36(3)4)33-57(38(7)8)64(52)58)59-41(11)51(63-54-20-16-14-18-44(54)23-24-55(59)63)27-25-49-39(9)29-45-22-21-43-17-13-15-19-53(43)61(45)49/h13-24,29,31-38,49,59-60H,25-28,30H2,1-12H3. The molecular weight excluding hydrogens is 769 g/mol. The Labute approximate surface area is 385 Å². The molecule has 0 bridgehead atoms. The molecule has 0 amide bonds. The van der Waals surface area contributed by atoms with Gasteiger partial charge in [0.15, 0.2) is 0 Å². The van der Waals surface area contributed by atoms with Gasteiger partial charge < -0.3 is 0 Å². The molecule has 3 unspecified atom stereocenters. The molecular formula is C64H70. The normalized spacial score (nSPS) is 19.1. The van der Waals surface area contributed by atoms with Crippen molar-refractivity contribution in [2.24, 2.45) is 0 Å². The van der Waals surface area contributed by atoms with Gasteiger partial charge in [-0.1, -0.05) is 181 Å². The molecule has 0 aromatic heterocycles. The Bertz CT molecular complexity index is 3020. The van der Waals surface area contributed by atoms with E-state index in [2.05, 4.69) is 186 Å². The van der Waals surface area contributed by atoms with Crippen molar-refractivity contribution in [3.8, 4) is 0 Å². The van der Waals surface area contributed by atoms with Gasteiger partial charge in [0, 0.05) is 17.8 Å². The van der Waals surface area contributed by atoms with Gasteiger partial charge >= 0.3 is 0 Å². The molecule has 0 fully saturated rings. The number of fused-ring (bicyclic) bond motifs is 8. The molecule has 6 aromatic carbocycles. The average molecular weight is 839 g/mol. The lowest BCUT2D eigenvalue weighted by molar-refractivity contribution is 0.684. The quantitative estimate of drug-likeness (QED) is 0.122. The van der Waals surface area contributed by atoms with Crippen molar-refractivity contribution < 1.29 is 0 Å². The van der Waals surface area contributed by atoms with E-state index in [0.29, 0.717) is 41.4 Å². The van der Waals surface area contributed by atoms with Gasteiger partial charge in [0.05, 0.1) is 0 Å². The smallest absolute Gasteiger partial charge is 0.0164 e. The third-order valence-electron chi connectivity index (χ3n) is 16.4. The minimum Gasteiger partial charge on any atom is -0.0652 e. The lowest BCUT2D eigenvalue weighted by Crippen LogP contribution is -2.12. The fraction of sp³-hybridized carbons (Fsp3) is 0.375. The molecule has 3 atom stereocenters. The van der Waals surface area contributed by atoms with Crippen molar-refractivity contribution in [3.05, 3.63) is 186 Å². The summed E-state index contributed by atoms with van der Waals surface area (Å²) in [5, 5.41) is 5.55. The lowest BCUT2D eigenvalue weighted by Gasteiger charge is -2.27. The summed E-state index contributed by atoms with van der Waals surface area (Å²) in [6.45, 7) is 29.0. The summed E-state index contributed by atoms with van der Waals surface area (Å²) in [4.78, 5) is 0. The van der Waals surface area contributed by atoms with Gasteiger partial charge in [-0.25, -0.2) is 0 Å². The lowest BCUT2D eigenvalue weighted by atomic mass is 9.76. The molecule has 0 nitrogen and oxygen atoms in total. The van der Waals surface area contributed by atoms with Crippen LogP contribution >= 0.6 is 0 Å². The van der Waals surface area contributed by atoms with Crippen LogP contribution in [0.25, 0.3) is 44.3 Å². The van der Waals surface area contributed by atoms with Crippen LogP contribution in [0.2, 0.25) is 0 Å². The van der Waals surface area contributed by atoms with Crippen LogP contribution < -0.4 is 0 Å². The van der Waals surface area contributed by atoms with Crippen molar-refractivity contribution in [3.63, 3.8) is 0 Å². The predicted molar refractivity (Wildman–Crippen MR) is 279 cm³/mol. The second-order valence-corrected chi connectivity index (χ2v) is 21.6. The molecule has 64 heavy (non-hydrogen) atoms. The molecule has 0 radical (unpaired) electrons. The van der Waals surface area contributed by atoms with Crippen LogP contribution in [0.3, 0.4) is 0 Å². The SMILES string of the molecule is CC1=Cc2ccc3ccccc3c2C1CCC1=C(C)C(C2C(C)=C(CCC3=C(C)Cc4cc(C(C)C)cc(C(C)C)c43)c3c(C(C)C)cc(C(C)C)cc32)c2ccc3ccccc3c21. The largest absolute Gasteiger partial charge is 0.0652 e. The Balaban J connectivity index is 1.10. The highest BCUT2D eigenvalue weighted by atomic mass is 14.5. The molecule has 326 valence electrons. The van der Waals surface area contributed by atoms with Gasteiger partial charge in [-0.15, -0.1) is 0 Å². The highest BCUT2D eigenvalue weighted by Crippen LogP contribution is 2.60. The van der Waals surface area contributed by atoms with Crippen LogP contribution in [-0.2, 0) is 6.42 Å². The monoisotopic (exact) mass is 839 g/mol. The summed E-state index contributed by atoms with van der Waals surface area (Å²) in [5.41, 5.74) is 29.5. The first-order chi connectivity index (χ1) is 30.7. The third-order valence-corrected chi connectivity index (χ3v) is 16.4. The Kier molecular flexibility index (Phi) is 10.9. The number of hydrogen-bond acceptors (Lipinski definition) is 0. The molecule has 4 aliphatic carbocycles. The Hall–Kier alpha value is -5.20. The Morgan fingerprint density at radius 1 is 0.500 bits per heavy atom. The van der Waals surface area contributed by atoms with Crippen LogP contribution in [-0.4, -0.2) is 0 Å². The van der Waals surface area contributed by atoms with Crippen molar-refractivity contribution in [2.45, 2.75) is 157 Å². The molecule has 6 aromatic rings. The molecule has 0 heterocycles. The second kappa shape index (κ2) is 16.3. The average Bonchev–Trinajstić information content (AvgIpc) is 3.95. The summed E-state index contributed by atoms with van der Waals surface area (Å²) in [6, 6.07) is 38.2. The maximum absolute atomic E-state index is 2.66. The van der Waals surface area contributed by atoms with Crippen molar-refractivity contribution in [1.29, 1.82) is 0 Å². The molecule has 0 spiro atoms. The maximum atomic E-state index is 2.66. The summed E-state index contributed by atoms with van der Waals surface area (Å²) in [5.74, 6) is 2.98. The first-order valence-electron chi connectivity index (χ1n) is 24.9. The maximum Gasteiger partial charge on any atom is 0.0164 e. The fourth-order valence-electron chi connectivity index (χ4n) is 13.0. The van der Waals surface area contributed by atoms with E-state index >= 15 is 0 Å². The van der Waals surface area contributed by atoms with Gasteiger partial charge in [-0.2, -0.15) is 0 Å². The molecule has 0 aliphatic heterocycles. The summed E-state index contributed by atoms with van der Waals surface area (Å²) < 4.78 is 0. The van der Waals surface area contributed by atoms with Crippen molar-refractivity contribution in [1.82, 2.24) is 0 Å². The van der Waals surface area contributed by atoms with Crippen LogP contribution in [0.4, 0.5) is 0 Å². The van der Waals surface area contributed by atoms with E-state index in [1.165, 1.54) is 54.9 Å². The zero-order valence-corrected chi connectivity index (χ0v) is 40.9.